The van der Waals surface area contributed by atoms with Gasteiger partial charge in [-0.2, -0.15) is 0 Å². The molecule has 1 N–H and O–H groups in total. The van der Waals surface area contributed by atoms with Gasteiger partial charge in [-0.1, -0.05) is 23.9 Å². The Morgan fingerprint density at radius 2 is 2.12 bits per heavy atom. The van der Waals surface area contributed by atoms with Gasteiger partial charge in [-0.05, 0) is 23.6 Å². The predicted octanol–water partition coefficient (Wildman–Crippen LogP) is 3.97. The molecule has 8 heteroatoms. The molecular formula is C17H10N4O2S2. The van der Waals surface area contributed by atoms with Crippen molar-refractivity contribution in [2.24, 2.45) is 0 Å². The smallest absolute Gasteiger partial charge is 0.294 e. The van der Waals surface area contributed by atoms with Gasteiger partial charge in [-0.3, -0.25) is 4.79 Å². The molecule has 5 aromatic rings. The first-order chi connectivity index (χ1) is 12.3. The maximum Gasteiger partial charge on any atom is 0.294 e. The monoisotopic (exact) mass is 366 g/mol. The predicted molar refractivity (Wildman–Crippen MR) is 99.1 cm³/mol. The summed E-state index contributed by atoms with van der Waals surface area (Å²) >= 11 is 3.13. The van der Waals surface area contributed by atoms with Crippen molar-refractivity contribution in [2.75, 3.05) is 0 Å². The van der Waals surface area contributed by atoms with Gasteiger partial charge < -0.3 is 9.40 Å². The third-order valence-corrected chi connectivity index (χ3v) is 5.88. The first kappa shape index (κ1) is 14.6. The van der Waals surface area contributed by atoms with Crippen molar-refractivity contribution < 1.29 is 4.42 Å². The summed E-state index contributed by atoms with van der Waals surface area (Å²) < 4.78 is 6.66. The van der Waals surface area contributed by atoms with E-state index in [0.717, 1.165) is 20.6 Å². The van der Waals surface area contributed by atoms with Gasteiger partial charge in [0.1, 0.15) is 28.3 Å². The molecule has 0 fully saturated rings. The minimum Gasteiger partial charge on any atom is -0.449 e. The largest absolute Gasteiger partial charge is 0.449 e. The van der Waals surface area contributed by atoms with Gasteiger partial charge in [-0.25, -0.2) is 15.0 Å². The molecule has 5 rings (SSSR count). The number of thiophene rings is 1. The summed E-state index contributed by atoms with van der Waals surface area (Å²) in [5.41, 5.74) is 2.19. The first-order valence-electron chi connectivity index (χ1n) is 7.51. The van der Waals surface area contributed by atoms with Crippen LogP contribution in [0.3, 0.4) is 0 Å². The second-order valence-corrected chi connectivity index (χ2v) is 7.27. The normalized spacial score (nSPS) is 11.7. The van der Waals surface area contributed by atoms with E-state index in [2.05, 4.69) is 19.9 Å². The molecule has 6 nitrogen and oxygen atoms in total. The van der Waals surface area contributed by atoms with E-state index in [-0.39, 0.29) is 11.1 Å². The minimum atomic E-state index is -0.263. The van der Waals surface area contributed by atoms with Crippen LogP contribution in [0.1, 0.15) is 5.82 Å². The van der Waals surface area contributed by atoms with E-state index in [4.69, 9.17) is 4.42 Å². The van der Waals surface area contributed by atoms with E-state index in [1.54, 1.807) is 17.7 Å². The first-order valence-corrected chi connectivity index (χ1v) is 9.37. The summed E-state index contributed by atoms with van der Waals surface area (Å²) in [6.07, 6.45) is 1.56. The highest BCUT2D eigenvalue weighted by atomic mass is 32.2. The van der Waals surface area contributed by atoms with Crippen LogP contribution >= 0.6 is 23.1 Å². The fourth-order valence-electron chi connectivity index (χ4n) is 2.72. The highest BCUT2D eigenvalue weighted by Gasteiger charge is 2.14. The van der Waals surface area contributed by atoms with Crippen LogP contribution in [-0.2, 0) is 5.75 Å². The fraction of sp³-hybridized carbons (Fsp3) is 0.0588. The number of hydrogen-bond acceptors (Lipinski definition) is 7. The quantitative estimate of drug-likeness (QED) is 0.384. The second-order valence-electron chi connectivity index (χ2n) is 5.39. The second kappa shape index (κ2) is 5.68. The standard InChI is InChI=1S/C17H10N4O2S2/c22-16-14-13(9-3-1-2-4-11(9)23-14)20-12(21-16)7-25-17-15-10(5-6-24-15)18-8-19-17/h1-6,8H,7H2,(H,20,21,22). The fourth-order valence-corrected chi connectivity index (χ4v) is 4.54. The number of aromatic amines is 1. The molecule has 0 aliphatic rings. The number of nitrogens with one attached hydrogen (secondary N) is 1. The van der Waals surface area contributed by atoms with Crippen LogP contribution in [0, 0.1) is 0 Å². The lowest BCUT2D eigenvalue weighted by Crippen LogP contribution is -2.10. The molecule has 25 heavy (non-hydrogen) atoms. The van der Waals surface area contributed by atoms with Crippen LogP contribution in [0.2, 0.25) is 0 Å². The molecule has 0 aliphatic carbocycles. The van der Waals surface area contributed by atoms with Crippen molar-refractivity contribution in [3.8, 4) is 0 Å². The van der Waals surface area contributed by atoms with Crippen LogP contribution < -0.4 is 5.56 Å². The Balaban J connectivity index is 1.56. The van der Waals surface area contributed by atoms with Crippen LogP contribution in [0.4, 0.5) is 0 Å². The van der Waals surface area contributed by atoms with Crippen molar-refractivity contribution >= 4 is 55.4 Å². The summed E-state index contributed by atoms with van der Waals surface area (Å²) in [6.45, 7) is 0. The molecule has 4 aromatic heterocycles. The molecule has 0 spiro atoms. The molecule has 0 saturated heterocycles. The van der Waals surface area contributed by atoms with Crippen molar-refractivity contribution in [1.82, 2.24) is 19.9 Å². The van der Waals surface area contributed by atoms with Gasteiger partial charge in [0.25, 0.3) is 5.56 Å². The Bertz CT molecular complexity index is 1290. The third-order valence-electron chi connectivity index (χ3n) is 3.84. The minimum absolute atomic E-state index is 0.262. The summed E-state index contributed by atoms with van der Waals surface area (Å²) in [7, 11) is 0. The number of furan rings is 1. The summed E-state index contributed by atoms with van der Waals surface area (Å²) in [5, 5.41) is 3.73. The van der Waals surface area contributed by atoms with Gasteiger partial charge in [0.2, 0.25) is 5.58 Å². The van der Waals surface area contributed by atoms with Gasteiger partial charge in [-0.15, -0.1) is 11.3 Å². The van der Waals surface area contributed by atoms with E-state index < -0.39 is 0 Å². The number of para-hydroxylation sites is 1. The summed E-state index contributed by atoms with van der Waals surface area (Å²) in [5.74, 6) is 1.10. The number of nitrogens with zero attached hydrogens (tertiary/aromatic N) is 3. The third kappa shape index (κ3) is 2.41. The molecule has 0 radical (unpaired) electrons. The summed E-state index contributed by atoms with van der Waals surface area (Å²) in [4.78, 5) is 28.3. The molecule has 0 unspecified atom stereocenters. The van der Waals surface area contributed by atoms with E-state index in [0.29, 0.717) is 22.7 Å². The van der Waals surface area contributed by atoms with E-state index in [9.17, 15) is 4.79 Å². The number of thioether (sulfide) groups is 1. The van der Waals surface area contributed by atoms with Crippen LogP contribution in [0.15, 0.2) is 56.3 Å². The number of benzene rings is 1. The SMILES string of the molecule is O=c1[nH]c(CSc2ncnc3ccsc23)nc2c1oc1ccccc12. The lowest BCUT2D eigenvalue weighted by atomic mass is 10.2. The summed E-state index contributed by atoms with van der Waals surface area (Å²) in [6, 6.07) is 9.49. The van der Waals surface area contributed by atoms with Crippen molar-refractivity contribution in [3.63, 3.8) is 0 Å². The molecule has 0 saturated carbocycles. The Morgan fingerprint density at radius 3 is 3.08 bits per heavy atom. The number of rotatable bonds is 3. The maximum absolute atomic E-state index is 12.3. The number of hydrogen-bond donors (Lipinski definition) is 1. The molecule has 122 valence electrons. The van der Waals surface area contributed by atoms with Gasteiger partial charge >= 0.3 is 0 Å². The average molecular weight is 366 g/mol. The van der Waals surface area contributed by atoms with Crippen molar-refractivity contribution in [3.05, 3.63) is 58.2 Å². The lowest BCUT2D eigenvalue weighted by molar-refractivity contribution is 0.660. The average Bonchev–Trinajstić information content (AvgIpc) is 3.25. The lowest BCUT2D eigenvalue weighted by Gasteiger charge is -2.02. The Kier molecular flexibility index (Phi) is 3.32. The number of H-pyrrole nitrogens is 1. The molecule has 0 bridgehead atoms. The molecule has 0 atom stereocenters. The zero-order valence-corrected chi connectivity index (χ0v) is 14.4. The number of aromatic nitrogens is 4. The Morgan fingerprint density at radius 1 is 1.20 bits per heavy atom. The zero-order chi connectivity index (χ0) is 16.8. The Labute approximate surface area is 148 Å². The molecule has 0 aliphatic heterocycles. The molecule has 4 heterocycles. The molecular weight excluding hydrogens is 356 g/mol. The van der Waals surface area contributed by atoms with Crippen LogP contribution in [0.5, 0.6) is 0 Å². The van der Waals surface area contributed by atoms with Crippen molar-refractivity contribution in [2.45, 2.75) is 10.8 Å². The molecule has 0 amide bonds. The topological polar surface area (TPSA) is 84.7 Å². The Hall–Kier alpha value is -2.71. The van der Waals surface area contributed by atoms with E-state index in [1.165, 1.54) is 11.8 Å². The highest BCUT2D eigenvalue weighted by Crippen LogP contribution is 2.30. The van der Waals surface area contributed by atoms with Gasteiger partial charge in [0.15, 0.2) is 0 Å². The van der Waals surface area contributed by atoms with Gasteiger partial charge in [0.05, 0.1) is 16.0 Å². The van der Waals surface area contributed by atoms with E-state index >= 15 is 0 Å². The maximum atomic E-state index is 12.3. The van der Waals surface area contributed by atoms with Crippen molar-refractivity contribution in [1.29, 1.82) is 0 Å². The van der Waals surface area contributed by atoms with Gasteiger partial charge in [0, 0.05) is 5.39 Å². The van der Waals surface area contributed by atoms with Crippen LogP contribution in [-0.4, -0.2) is 19.9 Å². The van der Waals surface area contributed by atoms with Crippen LogP contribution in [0.25, 0.3) is 32.3 Å². The highest BCUT2D eigenvalue weighted by molar-refractivity contribution is 7.98. The molecule has 1 aromatic carbocycles. The van der Waals surface area contributed by atoms with E-state index in [1.807, 2.05) is 35.7 Å². The zero-order valence-electron chi connectivity index (χ0n) is 12.7. The number of fused-ring (bicyclic) bond motifs is 4.